The molecule has 0 spiro atoms. The summed E-state index contributed by atoms with van der Waals surface area (Å²) in [4.78, 5) is 189. The molecular formula is C67H110N18O19. The molecule has 1 aromatic carbocycles. The van der Waals surface area contributed by atoms with Crippen LogP contribution in [0.1, 0.15) is 124 Å². The fourth-order valence-corrected chi connectivity index (χ4v) is 12.8. The van der Waals surface area contributed by atoms with E-state index in [1.54, 1.807) is 37.8 Å². The Hall–Kier alpha value is -9.49. The van der Waals surface area contributed by atoms with Crippen molar-refractivity contribution in [1.29, 1.82) is 5.41 Å². The summed E-state index contributed by atoms with van der Waals surface area (Å²) in [5.74, 6) is -13.3. The van der Waals surface area contributed by atoms with Crippen LogP contribution >= 0.6 is 0 Å². The Kier molecular flexibility index (Phi) is 34.9. The molecule has 0 saturated carbocycles. The van der Waals surface area contributed by atoms with Crippen LogP contribution in [-0.2, 0) is 73.5 Å². The molecule has 582 valence electrons. The van der Waals surface area contributed by atoms with Gasteiger partial charge in [-0.25, -0.2) is 4.79 Å². The van der Waals surface area contributed by atoms with Crippen molar-refractivity contribution in [3.05, 3.63) is 29.8 Å². The van der Waals surface area contributed by atoms with E-state index in [9.17, 15) is 78.3 Å². The van der Waals surface area contributed by atoms with E-state index in [2.05, 4.69) is 36.9 Å². The number of carboxylic acid groups (broad SMARTS) is 4. The Labute approximate surface area is 605 Å². The first-order valence-electron chi connectivity index (χ1n) is 35.0. The predicted octanol–water partition coefficient (Wildman–Crippen LogP) is -3.49. The second-order valence-electron chi connectivity index (χ2n) is 28.9. The number of phenolic OH excluding ortho intramolecular Hbond substituents is 1. The second-order valence-corrected chi connectivity index (χ2v) is 28.9. The first-order valence-corrected chi connectivity index (χ1v) is 35.0. The van der Waals surface area contributed by atoms with E-state index in [0.29, 0.717) is 31.2 Å². The van der Waals surface area contributed by atoms with Crippen molar-refractivity contribution < 1.29 is 92.6 Å². The number of nitrogens with one attached hydrogen (secondary N) is 7. The molecule has 3 heterocycles. The fourth-order valence-electron chi connectivity index (χ4n) is 12.8. The molecule has 0 aliphatic carbocycles. The number of carbonyl (C=O) groups is 13. The number of hydrogen-bond donors (Lipinski definition) is 16. The second kappa shape index (κ2) is 41.7. The lowest BCUT2D eigenvalue weighted by atomic mass is 9.84. The SMILES string of the molecule is COC(=O)[C@H](CC(C)(C)C)NC(=O)[C@@H](NC(=O)[C@H](Cc1ccc(O)cc1)NC(=O)[C@@H]1CCCN1C(=O)[C@H](CCCN=C(N)N)NC(=O)[C@@H](NC(=O)[C@@H]1CCCN1C(=O)[C@H](CCCCN)NC(=O)CN(CCN(CCN(CC(=O)O)CC(=O)O)CC(=O)O)CC(=O)O)C1CCN(C(=N)N)CC1)C(C)(C)C. The Morgan fingerprint density at radius 1 is 0.587 bits per heavy atom. The lowest BCUT2D eigenvalue weighted by Crippen LogP contribution is -2.62. The van der Waals surface area contributed by atoms with Gasteiger partial charge < -0.3 is 99.8 Å². The van der Waals surface area contributed by atoms with Gasteiger partial charge in [-0.3, -0.25) is 82.6 Å². The number of hydrogen-bond acceptors (Lipinski definition) is 21. The third kappa shape index (κ3) is 29.7. The third-order valence-electron chi connectivity index (χ3n) is 18.1. The number of aliphatic imine (C=N–C) groups is 1. The van der Waals surface area contributed by atoms with Crippen LogP contribution in [0, 0.1) is 22.2 Å². The summed E-state index contributed by atoms with van der Waals surface area (Å²) in [6, 6.07) is -4.43. The Bertz CT molecular complexity index is 3150. The van der Waals surface area contributed by atoms with E-state index in [1.807, 2.05) is 20.8 Å². The number of aliphatic carboxylic acids is 4. The Balaban J connectivity index is 1.64. The quantitative estimate of drug-likeness (QED) is 0.0131. The topological polar surface area (TPSA) is 564 Å². The normalized spacial score (nSPS) is 17.4. The molecule has 0 radical (unpaired) electrons. The molecule has 4 rings (SSSR count). The minimum absolute atomic E-state index is 0.000961. The molecule has 0 bridgehead atoms. The first kappa shape index (κ1) is 86.9. The highest BCUT2D eigenvalue weighted by atomic mass is 16.5. The number of methoxy groups -OCH3 is 1. The van der Waals surface area contributed by atoms with E-state index in [1.165, 1.54) is 38.8 Å². The van der Waals surface area contributed by atoms with Crippen molar-refractivity contribution in [2.24, 2.45) is 44.7 Å². The number of nitrogens with zero attached hydrogens (tertiary/aromatic N) is 7. The molecule has 1 aromatic rings. The number of unbranched alkanes of at least 4 members (excludes halogenated alkanes) is 1. The van der Waals surface area contributed by atoms with Gasteiger partial charge in [0.05, 0.1) is 39.8 Å². The van der Waals surface area contributed by atoms with Crippen molar-refractivity contribution in [3.63, 3.8) is 0 Å². The summed E-state index contributed by atoms with van der Waals surface area (Å²) in [5.41, 5.74) is 22.1. The minimum Gasteiger partial charge on any atom is -0.508 e. The van der Waals surface area contributed by atoms with Gasteiger partial charge in [-0.05, 0) is 118 Å². The number of carbonyl (C=O) groups excluding carboxylic acids is 9. The average Bonchev–Trinajstić information content (AvgIpc) is 1.78. The Morgan fingerprint density at radius 3 is 1.55 bits per heavy atom. The van der Waals surface area contributed by atoms with Crippen LogP contribution in [0.2, 0.25) is 0 Å². The van der Waals surface area contributed by atoms with Gasteiger partial charge in [0.2, 0.25) is 47.3 Å². The van der Waals surface area contributed by atoms with Crippen LogP contribution < -0.4 is 54.8 Å². The molecule has 3 fully saturated rings. The van der Waals surface area contributed by atoms with Gasteiger partial charge in [0.25, 0.3) is 0 Å². The van der Waals surface area contributed by atoms with E-state index in [0.717, 1.165) is 4.90 Å². The maximum absolute atomic E-state index is 15.2. The predicted molar refractivity (Wildman–Crippen MR) is 377 cm³/mol. The molecule has 8 atom stereocenters. The number of esters is 1. The number of aromatic hydroxyl groups is 1. The van der Waals surface area contributed by atoms with Crippen LogP contribution in [-0.4, -0.2) is 298 Å². The van der Waals surface area contributed by atoms with Gasteiger partial charge >= 0.3 is 29.8 Å². The molecule has 8 amide bonds. The van der Waals surface area contributed by atoms with Crippen LogP contribution in [0.15, 0.2) is 29.3 Å². The van der Waals surface area contributed by atoms with Crippen molar-refractivity contribution in [2.45, 2.75) is 173 Å². The number of piperidine rings is 1. The number of phenols is 1. The number of likely N-dealkylation sites (tertiary alicyclic amines) is 3. The van der Waals surface area contributed by atoms with Crippen molar-refractivity contribution in [3.8, 4) is 5.75 Å². The summed E-state index contributed by atoms with van der Waals surface area (Å²) in [5, 5.41) is 73.1. The number of guanidine groups is 2. The maximum Gasteiger partial charge on any atom is 0.328 e. The number of ether oxygens (including phenoxy) is 1. The molecule has 104 heavy (non-hydrogen) atoms. The first-order chi connectivity index (χ1) is 48.8. The number of benzene rings is 1. The van der Waals surface area contributed by atoms with Crippen LogP contribution in [0.4, 0.5) is 0 Å². The molecule has 0 unspecified atom stereocenters. The number of amides is 8. The van der Waals surface area contributed by atoms with E-state index < -0.39 is 175 Å². The minimum atomic E-state index is -1.40. The highest BCUT2D eigenvalue weighted by Gasteiger charge is 2.45. The van der Waals surface area contributed by atoms with Crippen LogP contribution in [0.3, 0.4) is 0 Å². The van der Waals surface area contributed by atoms with Gasteiger partial charge in [0, 0.05) is 65.3 Å². The zero-order valence-electron chi connectivity index (χ0n) is 60.7. The monoisotopic (exact) mass is 1470 g/mol. The summed E-state index contributed by atoms with van der Waals surface area (Å²) in [7, 11) is 1.19. The van der Waals surface area contributed by atoms with Gasteiger partial charge in [0.1, 0.15) is 54.1 Å². The molecule has 3 aliphatic rings. The number of rotatable bonds is 42. The zero-order valence-corrected chi connectivity index (χ0v) is 60.7. The standard InChI is InChI=1S/C67H110N18O19/c1-66(2,3)34-46(63(103)104-7)77-60(100)55(67(4,5)6)79-56(96)45(33-40-17-19-42(86)20-18-40)76-57(97)47-15-11-25-84(47)62(102)44(14-10-24-73-64(69)70)75-59(99)54(41-21-27-83(28-22-41)65(71)72)78-58(98)48-16-12-26-85(48)61(101)43(13-8-9-23-68)74-49(87)35-81(37-51(90)91)31-29-80(36-50(88)89)30-32-82(38-52(92)93)39-53(94)95/h17-20,41,43-48,54-55,86H,8-16,21-39,68H2,1-7H3,(H3,71,72)(H,74,87)(H,75,99)(H,76,97)(H,77,100)(H,78,98)(H,79,96)(H,88,89)(H,90,91)(H,92,93)(H,94,95)(H4,69,70,73)/t43-,44-,45-,46-,47-,48-,54-,55+/m0/s1. The molecule has 0 aromatic heterocycles. The van der Waals surface area contributed by atoms with E-state index in [-0.39, 0.29) is 141 Å². The largest absolute Gasteiger partial charge is 0.508 e. The summed E-state index contributed by atoms with van der Waals surface area (Å²) >= 11 is 0. The molecular weight excluding hydrogens is 1360 g/mol. The van der Waals surface area contributed by atoms with Crippen LogP contribution in [0.25, 0.3) is 0 Å². The van der Waals surface area contributed by atoms with Gasteiger partial charge in [-0.15, -0.1) is 0 Å². The molecule has 3 aliphatic heterocycles. The molecule has 20 N–H and O–H groups in total. The maximum atomic E-state index is 15.2. The number of nitrogens with two attached hydrogens (primary N) is 4. The lowest BCUT2D eigenvalue weighted by Gasteiger charge is -2.37. The third-order valence-corrected chi connectivity index (χ3v) is 18.1. The van der Waals surface area contributed by atoms with Gasteiger partial charge in [-0.1, -0.05) is 53.7 Å². The zero-order chi connectivity index (χ0) is 77.8. The summed E-state index contributed by atoms with van der Waals surface area (Å²) in [6.07, 6.45) is 2.01. The van der Waals surface area contributed by atoms with E-state index in [4.69, 9.17) is 33.1 Å². The summed E-state index contributed by atoms with van der Waals surface area (Å²) < 4.78 is 5.00. The molecule has 37 nitrogen and oxygen atoms in total. The molecule has 37 heteroatoms. The van der Waals surface area contributed by atoms with E-state index >= 15 is 9.59 Å². The highest BCUT2D eigenvalue weighted by Crippen LogP contribution is 2.28. The van der Waals surface area contributed by atoms with Crippen molar-refractivity contribution in [1.82, 2.24) is 61.3 Å². The average molecular weight is 1470 g/mol. The number of carboxylic acids is 4. The lowest BCUT2D eigenvalue weighted by molar-refractivity contribution is -0.147. The van der Waals surface area contributed by atoms with Crippen LogP contribution in [0.5, 0.6) is 5.75 Å². The van der Waals surface area contributed by atoms with Gasteiger partial charge in [0.15, 0.2) is 11.9 Å². The Morgan fingerprint density at radius 2 is 1.07 bits per heavy atom. The van der Waals surface area contributed by atoms with Gasteiger partial charge in [-0.2, -0.15) is 0 Å². The smallest absolute Gasteiger partial charge is 0.328 e. The summed E-state index contributed by atoms with van der Waals surface area (Å²) in [6.45, 7) is 7.36. The fraction of sp³-hybridized carbons (Fsp3) is 0.687. The van der Waals surface area contributed by atoms with Crippen molar-refractivity contribution in [2.75, 3.05) is 105 Å². The van der Waals surface area contributed by atoms with Crippen molar-refractivity contribution >= 4 is 89.0 Å². The highest BCUT2D eigenvalue weighted by molar-refractivity contribution is 5.99. The molecule has 3 saturated heterocycles.